The number of benzene rings is 3. The van der Waals surface area contributed by atoms with Crippen LogP contribution in [0.15, 0.2) is 71.6 Å². The van der Waals surface area contributed by atoms with Crippen LogP contribution in [-0.2, 0) is 16.6 Å². The van der Waals surface area contributed by atoms with Gasteiger partial charge in [0.1, 0.15) is 0 Å². The Morgan fingerprint density at radius 1 is 0.815 bits per heavy atom. The van der Waals surface area contributed by atoms with Gasteiger partial charge in [-0.3, -0.25) is 4.90 Å². The second-order valence-electron chi connectivity index (χ2n) is 7.13. The first kappa shape index (κ1) is 18.2. The predicted molar refractivity (Wildman–Crippen MR) is 109 cm³/mol. The fraction of sp³-hybridized carbons (Fsp3) is 0.273. The van der Waals surface area contributed by atoms with E-state index in [2.05, 4.69) is 47.4 Å². The number of sulfonamides is 1. The van der Waals surface area contributed by atoms with Gasteiger partial charge in [0.25, 0.3) is 0 Å². The van der Waals surface area contributed by atoms with Crippen LogP contribution in [0.5, 0.6) is 0 Å². The molecular formula is C22H24N2O2S. The highest BCUT2D eigenvalue weighted by Crippen LogP contribution is 2.22. The molecule has 1 aliphatic heterocycles. The topological polar surface area (TPSA) is 40.6 Å². The molecule has 1 aliphatic rings. The van der Waals surface area contributed by atoms with E-state index in [-0.39, 0.29) is 0 Å². The van der Waals surface area contributed by atoms with Gasteiger partial charge in [-0.05, 0) is 35.4 Å². The van der Waals surface area contributed by atoms with Crippen molar-refractivity contribution in [2.45, 2.75) is 18.4 Å². The summed E-state index contributed by atoms with van der Waals surface area (Å²) in [5, 5.41) is 2.52. The number of rotatable bonds is 4. The Labute approximate surface area is 161 Å². The third-order valence-corrected chi connectivity index (χ3v) is 7.18. The maximum atomic E-state index is 12.8. The Kier molecular flexibility index (Phi) is 5.00. The van der Waals surface area contributed by atoms with Crippen molar-refractivity contribution in [2.24, 2.45) is 0 Å². The zero-order chi connectivity index (χ0) is 18.9. The molecule has 5 heteroatoms. The molecule has 0 unspecified atom stereocenters. The van der Waals surface area contributed by atoms with Crippen molar-refractivity contribution in [3.05, 3.63) is 77.9 Å². The van der Waals surface area contributed by atoms with Gasteiger partial charge in [0, 0.05) is 32.7 Å². The second-order valence-corrected chi connectivity index (χ2v) is 9.07. The molecule has 3 aromatic rings. The highest BCUT2D eigenvalue weighted by Gasteiger charge is 2.28. The van der Waals surface area contributed by atoms with Crippen molar-refractivity contribution in [3.63, 3.8) is 0 Å². The van der Waals surface area contributed by atoms with Gasteiger partial charge < -0.3 is 0 Å². The SMILES string of the molecule is Cc1ccc(S(=O)(=O)N2CCN(Cc3cccc4ccccc34)CC2)cc1. The zero-order valence-electron chi connectivity index (χ0n) is 15.5. The van der Waals surface area contributed by atoms with Gasteiger partial charge >= 0.3 is 0 Å². The van der Waals surface area contributed by atoms with Crippen LogP contribution >= 0.6 is 0 Å². The van der Waals surface area contributed by atoms with Crippen molar-refractivity contribution in [1.82, 2.24) is 9.21 Å². The number of hydrogen-bond donors (Lipinski definition) is 0. The molecule has 1 fully saturated rings. The molecule has 0 amide bonds. The Bertz CT molecular complexity index is 1030. The summed E-state index contributed by atoms with van der Waals surface area (Å²) >= 11 is 0. The Morgan fingerprint density at radius 3 is 2.22 bits per heavy atom. The number of nitrogens with zero attached hydrogens (tertiary/aromatic N) is 2. The maximum absolute atomic E-state index is 12.8. The fourth-order valence-electron chi connectivity index (χ4n) is 3.66. The van der Waals surface area contributed by atoms with E-state index in [0.717, 1.165) is 25.2 Å². The van der Waals surface area contributed by atoms with E-state index in [1.165, 1.54) is 16.3 Å². The first-order valence-electron chi connectivity index (χ1n) is 9.30. The highest BCUT2D eigenvalue weighted by molar-refractivity contribution is 7.89. The lowest BCUT2D eigenvalue weighted by Gasteiger charge is -2.34. The average molecular weight is 381 g/mol. The van der Waals surface area contributed by atoms with E-state index >= 15 is 0 Å². The third-order valence-electron chi connectivity index (χ3n) is 5.26. The number of piperazine rings is 1. The summed E-state index contributed by atoms with van der Waals surface area (Å²) in [7, 11) is -3.40. The molecule has 4 nitrogen and oxygen atoms in total. The smallest absolute Gasteiger partial charge is 0.243 e. The van der Waals surface area contributed by atoms with Crippen LogP contribution in [0.2, 0.25) is 0 Å². The molecule has 0 N–H and O–H groups in total. The monoisotopic (exact) mass is 380 g/mol. The Balaban J connectivity index is 1.45. The van der Waals surface area contributed by atoms with Crippen molar-refractivity contribution in [2.75, 3.05) is 26.2 Å². The quantitative estimate of drug-likeness (QED) is 0.694. The van der Waals surface area contributed by atoms with Gasteiger partial charge in [0.15, 0.2) is 0 Å². The summed E-state index contributed by atoms with van der Waals surface area (Å²) in [6.45, 7) is 5.35. The van der Waals surface area contributed by atoms with E-state index in [1.807, 2.05) is 19.1 Å². The molecule has 4 rings (SSSR count). The summed E-state index contributed by atoms with van der Waals surface area (Å²) in [5.74, 6) is 0. The van der Waals surface area contributed by atoms with Crippen molar-refractivity contribution < 1.29 is 8.42 Å². The van der Waals surface area contributed by atoms with Gasteiger partial charge in [-0.1, -0.05) is 60.2 Å². The summed E-state index contributed by atoms with van der Waals surface area (Å²) in [6.07, 6.45) is 0. The minimum atomic E-state index is -3.40. The molecule has 1 heterocycles. The lowest BCUT2D eigenvalue weighted by molar-refractivity contribution is 0.182. The molecular weight excluding hydrogens is 356 g/mol. The van der Waals surface area contributed by atoms with Crippen LogP contribution in [0, 0.1) is 6.92 Å². The van der Waals surface area contributed by atoms with Crippen LogP contribution in [-0.4, -0.2) is 43.8 Å². The number of hydrogen-bond acceptors (Lipinski definition) is 3. The van der Waals surface area contributed by atoms with Crippen molar-refractivity contribution in [1.29, 1.82) is 0 Å². The van der Waals surface area contributed by atoms with Crippen molar-refractivity contribution >= 4 is 20.8 Å². The predicted octanol–water partition coefficient (Wildman–Crippen LogP) is 3.65. The normalized spacial score (nSPS) is 16.6. The number of aryl methyl sites for hydroxylation is 1. The van der Waals surface area contributed by atoms with Crippen LogP contribution in [0.1, 0.15) is 11.1 Å². The first-order valence-corrected chi connectivity index (χ1v) is 10.7. The van der Waals surface area contributed by atoms with E-state index in [1.54, 1.807) is 16.4 Å². The van der Waals surface area contributed by atoms with E-state index in [9.17, 15) is 8.42 Å². The fourth-order valence-corrected chi connectivity index (χ4v) is 5.08. The lowest BCUT2D eigenvalue weighted by atomic mass is 10.0. The molecule has 0 bridgehead atoms. The van der Waals surface area contributed by atoms with Gasteiger partial charge in [-0.2, -0.15) is 4.31 Å². The zero-order valence-corrected chi connectivity index (χ0v) is 16.3. The molecule has 0 atom stereocenters. The van der Waals surface area contributed by atoms with Gasteiger partial charge in [0.2, 0.25) is 10.0 Å². The summed E-state index contributed by atoms with van der Waals surface area (Å²) in [6, 6.07) is 21.9. The van der Waals surface area contributed by atoms with Crippen LogP contribution in [0.25, 0.3) is 10.8 Å². The van der Waals surface area contributed by atoms with Gasteiger partial charge in [-0.15, -0.1) is 0 Å². The minimum Gasteiger partial charge on any atom is -0.296 e. The van der Waals surface area contributed by atoms with E-state index in [4.69, 9.17) is 0 Å². The summed E-state index contributed by atoms with van der Waals surface area (Å²) < 4.78 is 27.3. The standard InChI is InChI=1S/C22H24N2O2S/c1-18-9-11-21(12-10-18)27(25,26)24-15-13-23(14-16-24)17-20-7-4-6-19-5-2-3-8-22(19)20/h2-12H,13-17H2,1H3. The average Bonchev–Trinajstić information content (AvgIpc) is 2.69. The number of fused-ring (bicyclic) bond motifs is 1. The molecule has 3 aromatic carbocycles. The first-order chi connectivity index (χ1) is 13.0. The largest absolute Gasteiger partial charge is 0.296 e. The van der Waals surface area contributed by atoms with Crippen LogP contribution in [0.4, 0.5) is 0 Å². The molecule has 140 valence electrons. The van der Waals surface area contributed by atoms with Crippen LogP contribution < -0.4 is 0 Å². The maximum Gasteiger partial charge on any atom is 0.243 e. The van der Waals surface area contributed by atoms with E-state index < -0.39 is 10.0 Å². The molecule has 0 aromatic heterocycles. The third kappa shape index (κ3) is 3.76. The highest BCUT2D eigenvalue weighted by atomic mass is 32.2. The lowest BCUT2D eigenvalue weighted by Crippen LogP contribution is -2.48. The second kappa shape index (κ2) is 7.43. The van der Waals surface area contributed by atoms with E-state index in [0.29, 0.717) is 18.0 Å². The minimum absolute atomic E-state index is 0.385. The Hall–Kier alpha value is -2.21. The molecule has 27 heavy (non-hydrogen) atoms. The molecule has 0 radical (unpaired) electrons. The molecule has 1 saturated heterocycles. The molecule has 0 spiro atoms. The summed E-state index contributed by atoms with van der Waals surface area (Å²) in [4.78, 5) is 2.72. The van der Waals surface area contributed by atoms with Crippen molar-refractivity contribution in [3.8, 4) is 0 Å². The summed E-state index contributed by atoms with van der Waals surface area (Å²) in [5.41, 5.74) is 2.36. The molecule has 0 aliphatic carbocycles. The van der Waals surface area contributed by atoms with Crippen LogP contribution in [0.3, 0.4) is 0 Å². The Morgan fingerprint density at radius 2 is 1.48 bits per heavy atom. The molecule has 0 saturated carbocycles. The van der Waals surface area contributed by atoms with Gasteiger partial charge in [-0.25, -0.2) is 8.42 Å². The van der Waals surface area contributed by atoms with Gasteiger partial charge in [0.05, 0.1) is 4.90 Å².